The van der Waals surface area contributed by atoms with Crippen LogP contribution in [0.1, 0.15) is 48.7 Å². The molecule has 0 aliphatic carbocycles. The Morgan fingerprint density at radius 1 is 1.07 bits per heavy atom. The third-order valence-corrected chi connectivity index (χ3v) is 4.96. The summed E-state index contributed by atoms with van der Waals surface area (Å²) in [5.41, 5.74) is 3.51. The fraction of sp³-hybridized carbons (Fsp3) is 0.240. The molecule has 29 heavy (non-hydrogen) atoms. The smallest absolute Gasteiger partial charge is 0.203 e. The number of aryl methyl sites for hydroxylation is 1. The number of nitriles is 2. The lowest BCUT2D eigenvalue weighted by molar-refractivity contribution is 0.104. The average molecular weight is 381 g/mol. The van der Waals surface area contributed by atoms with Crippen LogP contribution >= 0.6 is 0 Å². The number of ketones is 1. The first kappa shape index (κ1) is 20.1. The fourth-order valence-corrected chi connectivity index (χ4v) is 3.33. The Morgan fingerprint density at radius 3 is 2.38 bits per heavy atom. The molecule has 144 valence electrons. The van der Waals surface area contributed by atoms with Gasteiger partial charge in [-0.15, -0.1) is 0 Å². The van der Waals surface area contributed by atoms with E-state index in [1.807, 2.05) is 47.2 Å². The number of hydrogen-bond acceptors (Lipinski definition) is 3. The summed E-state index contributed by atoms with van der Waals surface area (Å²) < 4.78 is 1.99. The first-order valence-corrected chi connectivity index (χ1v) is 9.57. The van der Waals surface area contributed by atoms with Crippen molar-refractivity contribution in [2.24, 2.45) is 0 Å². The molecular formula is C25H23N3O. The lowest BCUT2D eigenvalue weighted by Gasteiger charge is -2.18. The van der Waals surface area contributed by atoms with Gasteiger partial charge in [0.15, 0.2) is 0 Å². The topological polar surface area (TPSA) is 69.6 Å². The molecule has 0 unspecified atom stereocenters. The normalized spacial score (nSPS) is 11.8. The summed E-state index contributed by atoms with van der Waals surface area (Å²) in [6.07, 6.45) is 3.94. The lowest BCUT2D eigenvalue weighted by Crippen LogP contribution is -2.11. The van der Waals surface area contributed by atoms with E-state index in [0.717, 1.165) is 22.0 Å². The summed E-state index contributed by atoms with van der Waals surface area (Å²) >= 11 is 0. The number of para-hydroxylation sites is 1. The van der Waals surface area contributed by atoms with E-state index in [0.29, 0.717) is 18.5 Å². The van der Waals surface area contributed by atoms with E-state index < -0.39 is 0 Å². The van der Waals surface area contributed by atoms with Gasteiger partial charge < -0.3 is 4.57 Å². The van der Waals surface area contributed by atoms with Crippen LogP contribution in [-0.4, -0.2) is 10.4 Å². The van der Waals surface area contributed by atoms with Gasteiger partial charge in [-0.2, -0.15) is 10.5 Å². The maximum atomic E-state index is 12.9. The maximum absolute atomic E-state index is 12.9. The van der Waals surface area contributed by atoms with Crippen molar-refractivity contribution < 1.29 is 4.79 Å². The molecule has 0 bridgehead atoms. The summed E-state index contributed by atoms with van der Waals surface area (Å²) in [6, 6.07) is 19.5. The minimum Gasteiger partial charge on any atom is -0.346 e. The Labute approximate surface area is 171 Å². The predicted molar refractivity (Wildman–Crippen MR) is 115 cm³/mol. The predicted octanol–water partition coefficient (Wildman–Crippen LogP) is 5.64. The highest BCUT2D eigenvalue weighted by atomic mass is 16.1. The molecule has 0 amide bonds. The van der Waals surface area contributed by atoms with E-state index >= 15 is 0 Å². The lowest BCUT2D eigenvalue weighted by atomic mass is 9.86. The highest BCUT2D eigenvalue weighted by Crippen LogP contribution is 2.26. The molecule has 1 heterocycles. The van der Waals surface area contributed by atoms with E-state index in [1.165, 1.54) is 0 Å². The largest absolute Gasteiger partial charge is 0.346 e. The zero-order valence-electron chi connectivity index (χ0n) is 16.9. The Hall–Kier alpha value is -3.63. The number of fused-ring (bicyclic) bond motifs is 1. The summed E-state index contributed by atoms with van der Waals surface area (Å²) in [7, 11) is 0. The van der Waals surface area contributed by atoms with Crippen molar-refractivity contribution in [3.8, 4) is 12.1 Å². The monoisotopic (exact) mass is 381 g/mol. The van der Waals surface area contributed by atoms with Gasteiger partial charge in [-0.05, 0) is 23.1 Å². The highest BCUT2D eigenvalue weighted by molar-refractivity contribution is 6.14. The molecule has 3 rings (SSSR count). The van der Waals surface area contributed by atoms with Crippen molar-refractivity contribution in [1.82, 2.24) is 4.57 Å². The van der Waals surface area contributed by atoms with Gasteiger partial charge in [-0.3, -0.25) is 4.79 Å². The molecule has 0 fully saturated rings. The number of allylic oxidation sites excluding steroid dienone is 1. The van der Waals surface area contributed by atoms with E-state index in [-0.39, 0.29) is 16.8 Å². The van der Waals surface area contributed by atoms with Crippen molar-refractivity contribution in [2.45, 2.75) is 39.2 Å². The molecule has 0 N–H and O–H groups in total. The Kier molecular flexibility index (Phi) is 5.66. The number of rotatable bonds is 5. The third-order valence-electron chi connectivity index (χ3n) is 4.96. The van der Waals surface area contributed by atoms with Crippen molar-refractivity contribution in [3.05, 3.63) is 77.0 Å². The third kappa shape index (κ3) is 4.28. The SMILES string of the molecule is CC(C)(C)c1ccc(C(=O)/C(C#N)=C/c2cn(CCC#N)c3ccccc23)cc1. The quantitative estimate of drug-likeness (QED) is 0.326. The van der Waals surface area contributed by atoms with Crippen LogP contribution in [0.25, 0.3) is 17.0 Å². The van der Waals surface area contributed by atoms with Crippen LogP contribution in [0.5, 0.6) is 0 Å². The van der Waals surface area contributed by atoms with Crippen LogP contribution in [0.2, 0.25) is 0 Å². The second-order valence-electron chi connectivity index (χ2n) is 8.03. The average Bonchev–Trinajstić information content (AvgIpc) is 3.07. The molecule has 0 atom stereocenters. The number of carbonyl (C=O) groups is 1. The van der Waals surface area contributed by atoms with Gasteiger partial charge in [0, 0.05) is 34.8 Å². The minimum atomic E-state index is -0.290. The number of aromatic nitrogens is 1. The van der Waals surface area contributed by atoms with E-state index in [1.54, 1.807) is 18.2 Å². The number of hydrogen-bond donors (Lipinski definition) is 0. The summed E-state index contributed by atoms with van der Waals surface area (Å²) in [6.45, 7) is 6.92. The molecule has 0 spiro atoms. The first-order valence-electron chi connectivity index (χ1n) is 9.57. The molecule has 0 saturated carbocycles. The molecule has 0 aliphatic heterocycles. The summed E-state index contributed by atoms with van der Waals surface area (Å²) in [5.74, 6) is -0.290. The molecule has 2 aromatic carbocycles. The van der Waals surface area contributed by atoms with Gasteiger partial charge in [0.25, 0.3) is 0 Å². The molecule has 0 radical (unpaired) electrons. The van der Waals surface area contributed by atoms with Gasteiger partial charge in [-0.1, -0.05) is 63.2 Å². The van der Waals surface area contributed by atoms with Crippen LogP contribution in [0.4, 0.5) is 0 Å². The Morgan fingerprint density at radius 2 is 1.76 bits per heavy atom. The first-order chi connectivity index (χ1) is 13.8. The molecule has 3 aromatic rings. The van der Waals surface area contributed by atoms with Crippen LogP contribution in [0.3, 0.4) is 0 Å². The summed E-state index contributed by atoms with van der Waals surface area (Å²) in [4.78, 5) is 12.9. The minimum absolute atomic E-state index is 0.000724. The molecule has 4 heteroatoms. The van der Waals surface area contributed by atoms with Gasteiger partial charge >= 0.3 is 0 Å². The fourth-order valence-electron chi connectivity index (χ4n) is 3.33. The molecule has 1 aromatic heterocycles. The number of benzene rings is 2. The number of nitrogens with zero attached hydrogens (tertiary/aromatic N) is 3. The second kappa shape index (κ2) is 8.17. The zero-order valence-corrected chi connectivity index (χ0v) is 16.9. The van der Waals surface area contributed by atoms with Crippen molar-refractivity contribution >= 4 is 22.8 Å². The van der Waals surface area contributed by atoms with Crippen molar-refractivity contribution in [1.29, 1.82) is 10.5 Å². The van der Waals surface area contributed by atoms with Gasteiger partial charge in [0.05, 0.1) is 12.5 Å². The summed E-state index contributed by atoms with van der Waals surface area (Å²) in [5, 5.41) is 19.5. The molecular weight excluding hydrogens is 358 g/mol. The van der Waals surface area contributed by atoms with Gasteiger partial charge in [0.2, 0.25) is 5.78 Å². The van der Waals surface area contributed by atoms with Gasteiger partial charge in [-0.25, -0.2) is 0 Å². The maximum Gasteiger partial charge on any atom is 0.203 e. The Bertz CT molecular complexity index is 1160. The van der Waals surface area contributed by atoms with Crippen LogP contribution in [0, 0.1) is 22.7 Å². The zero-order chi connectivity index (χ0) is 21.0. The van der Waals surface area contributed by atoms with Crippen molar-refractivity contribution in [3.63, 3.8) is 0 Å². The van der Waals surface area contributed by atoms with E-state index in [9.17, 15) is 10.1 Å². The standard InChI is InChI=1S/C25H23N3O/c1-25(2,3)21-11-9-18(10-12-21)24(29)19(16-27)15-20-17-28(14-6-13-26)23-8-5-4-7-22(20)23/h4-5,7-12,15,17H,6,14H2,1-3H3/b19-15+. The van der Waals surface area contributed by atoms with Crippen LogP contribution < -0.4 is 0 Å². The molecule has 4 nitrogen and oxygen atoms in total. The second-order valence-corrected chi connectivity index (χ2v) is 8.03. The molecule has 0 saturated heterocycles. The molecule has 0 aliphatic rings. The van der Waals surface area contributed by atoms with Crippen LogP contribution in [-0.2, 0) is 12.0 Å². The van der Waals surface area contributed by atoms with Crippen LogP contribution in [0.15, 0.2) is 60.3 Å². The van der Waals surface area contributed by atoms with E-state index in [2.05, 4.69) is 32.9 Å². The van der Waals surface area contributed by atoms with Crippen molar-refractivity contribution in [2.75, 3.05) is 0 Å². The Balaban J connectivity index is 1.99. The highest BCUT2D eigenvalue weighted by Gasteiger charge is 2.17. The number of Topliss-reactive ketones (excluding diaryl/α,β-unsaturated/α-hetero) is 1. The van der Waals surface area contributed by atoms with Gasteiger partial charge in [0.1, 0.15) is 11.6 Å². The van der Waals surface area contributed by atoms with E-state index in [4.69, 9.17) is 5.26 Å². The number of carbonyl (C=O) groups excluding carboxylic acids is 1.